The van der Waals surface area contributed by atoms with E-state index in [1.165, 1.54) is 31.4 Å². The first-order chi connectivity index (χ1) is 8.40. The standard InChI is InChI=1S/C13H21N3O/c1-2-12(1)14-7-13-9-16(10-15-13)8-11-3-5-17-6-4-11/h9-12,14H,1-8H2. The van der Waals surface area contributed by atoms with Gasteiger partial charge in [-0.15, -0.1) is 0 Å². The zero-order valence-corrected chi connectivity index (χ0v) is 10.3. The van der Waals surface area contributed by atoms with Crippen molar-refractivity contribution in [3.63, 3.8) is 0 Å². The molecule has 0 amide bonds. The average Bonchev–Trinajstić information content (AvgIpc) is 3.09. The molecule has 1 aromatic rings. The van der Waals surface area contributed by atoms with Crippen LogP contribution in [0, 0.1) is 5.92 Å². The van der Waals surface area contributed by atoms with Crippen molar-refractivity contribution in [1.29, 1.82) is 0 Å². The number of nitrogens with one attached hydrogen (secondary N) is 1. The maximum atomic E-state index is 5.38. The summed E-state index contributed by atoms with van der Waals surface area (Å²) in [4.78, 5) is 4.45. The molecule has 4 nitrogen and oxygen atoms in total. The lowest BCUT2D eigenvalue weighted by Gasteiger charge is -2.22. The van der Waals surface area contributed by atoms with Crippen molar-refractivity contribution in [3.05, 3.63) is 18.2 Å². The highest BCUT2D eigenvalue weighted by molar-refractivity contribution is 4.98. The lowest BCUT2D eigenvalue weighted by molar-refractivity contribution is 0.0612. The first-order valence-corrected chi connectivity index (χ1v) is 6.72. The molecule has 0 spiro atoms. The maximum absolute atomic E-state index is 5.38. The van der Waals surface area contributed by atoms with Crippen LogP contribution in [0.2, 0.25) is 0 Å². The summed E-state index contributed by atoms with van der Waals surface area (Å²) in [6.45, 7) is 3.87. The first-order valence-electron chi connectivity index (χ1n) is 6.72. The van der Waals surface area contributed by atoms with Gasteiger partial charge in [0.1, 0.15) is 0 Å². The Labute approximate surface area is 102 Å². The van der Waals surface area contributed by atoms with E-state index in [-0.39, 0.29) is 0 Å². The van der Waals surface area contributed by atoms with Crippen molar-refractivity contribution in [2.75, 3.05) is 13.2 Å². The quantitative estimate of drug-likeness (QED) is 0.842. The highest BCUT2D eigenvalue weighted by Crippen LogP contribution is 2.19. The third-order valence-electron chi connectivity index (χ3n) is 3.65. The van der Waals surface area contributed by atoms with Gasteiger partial charge in [-0.1, -0.05) is 0 Å². The fourth-order valence-corrected chi connectivity index (χ4v) is 2.36. The molecule has 1 saturated carbocycles. The van der Waals surface area contributed by atoms with E-state index < -0.39 is 0 Å². The summed E-state index contributed by atoms with van der Waals surface area (Å²) in [6, 6.07) is 0.760. The van der Waals surface area contributed by atoms with Gasteiger partial charge in [-0.05, 0) is 31.6 Å². The van der Waals surface area contributed by atoms with Gasteiger partial charge in [-0.2, -0.15) is 0 Å². The molecule has 2 heterocycles. The van der Waals surface area contributed by atoms with Gasteiger partial charge < -0.3 is 14.6 Å². The number of hydrogen-bond acceptors (Lipinski definition) is 3. The van der Waals surface area contributed by atoms with Crippen LogP contribution in [-0.2, 0) is 17.8 Å². The Kier molecular flexibility index (Phi) is 3.43. The third-order valence-corrected chi connectivity index (χ3v) is 3.65. The zero-order valence-electron chi connectivity index (χ0n) is 10.3. The number of nitrogens with zero attached hydrogens (tertiary/aromatic N) is 2. The van der Waals surface area contributed by atoms with Crippen molar-refractivity contribution >= 4 is 0 Å². The fourth-order valence-electron chi connectivity index (χ4n) is 2.36. The van der Waals surface area contributed by atoms with Gasteiger partial charge in [-0.3, -0.25) is 0 Å². The van der Waals surface area contributed by atoms with Gasteiger partial charge in [0.2, 0.25) is 0 Å². The molecule has 0 atom stereocenters. The second-order valence-electron chi connectivity index (χ2n) is 5.27. The van der Waals surface area contributed by atoms with Crippen molar-refractivity contribution < 1.29 is 4.74 Å². The molecule has 0 radical (unpaired) electrons. The normalized spacial score (nSPS) is 21.9. The largest absolute Gasteiger partial charge is 0.381 e. The van der Waals surface area contributed by atoms with Gasteiger partial charge in [-0.25, -0.2) is 4.98 Å². The zero-order chi connectivity index (χ0) is 11.5. The Morgan fingerprint density at radius 1 is 1.29 bits per heavy atom. The van der Waals surface area contributed by atoms with Crippen LogP contribution in [0.15, 0.2) is 12.5 Å². The molecular weight excluding hydrogens is 214 g/mol. The van der Waals surface area contributed by atoms with Gasteiger partial charge in [0.25, 0.3) is 0 Å². The third kappa shape index (κ3) is 3.30. The summed E-state index contributed by atoms with van der Waals surface area (Å²) in [5.74, 6) is 0.766. The van der Waals surface area contributed by atoms with Gasteiger partial charge >= 0.3 is 0 Å². The smallest absolute Gasteiger partial charge is 0.0950 e. The number of rotatable bonds is 5. The second kappa shape index (κ2) is 5.19. The molecule has 2 aliphatic rings. The Bertz CT molecular complexity index is 353. The Hall–Kier alpha value is -0.870. The van der Waals surface area contributed by atoms with Crippen LogP contribution in [0.25, 0.3) is 0 Å². The molecule has 17 heavy (non-hydrogen) atoms. The second-order valence-corrected chi connectivity index (χ2v) is 5.27. The molecule has 1 aliphatic carbocycles. The van der Waals surface area contributed by atoms with Crippen LogP contribution >= 0.6 is 0 Å². The molecule has 1 saturated heterocycles. The number of hydrogen-bond donors (Lipinski definition) is 1. The molecule has 1 aliphatic heterocycles. The van der Waals surface area contributed by atoms with E-state index in [1.54, 1.807) is 0 Å². The number of ether oxygens (including phenoxy) is 1. The van der Waals surface area contributed by atoms with E-state index in [1.807, 2.05) is 6.33 Å². The Morgan fingerprint density at radius 2 is 2.12 bits per heavy atom. The molecule has 0 aromatic carbocycles. The van der Waals surface area contributed by atoms with Gasteiger partial charge in [0.05, 0.1) is 12.0 Å². The van der Waals surface area contributed by atoms with Crippen LogP contribution in [-0.4, -0.2) is 28.8 Å². The molecule has 0 unspecified atom stereocenters. The first kappa shape index (κ1) is 11.2. The van der Waals surface area contributed by atoms with Crippen molar-refractivity contribution in [3.8, 4) is 0 Å². The van der Waals surface area contributed by atoms with E-state index in [0.717, 1.165) is 38.3 Å². The highest BCUT2D eigenvalue weighted by atomic mass is 16.5. The Morgan fingerprint density at radius 3 is 2.88 bits per heavy atom. The number of aromatic nitrogens is 2. The van der Waals surface area contributed by atoms with Crippen molar-refractivity contribution in [1.82, 2.24) is 14.9 Å². The van der Waals surface area contributed by atoms with Crippen molar-refractivity contribution in [2.24, 2.45) is 5.92 Å². The highest BCUT2D eigenvalue weighted by Gasteiger charge is 2.20. The van der Waals surface area contributed by atoms with Gasteiger partial charge in [0, 0.05) is 38.5 Å². The van der Waals surface area contributed by atoms with Crippen molar-refractivity contribution in [2.45, 2.75) is 44.8 Å². The average molecular weight is 235 g/mol. The fraction of sp³-hybridized carbons (Fsp3) is 0.769. The van der Waals surface area contributed by atoms with E-state index >= 15 is 0 Å². The van der Waals surface area contributed by atoms with E-state index in [2.05, 4.69) is 21.1 Å². The monoisotopic (exact) mass is 235 g/mol. The molecule has 4 heteroatoms. The molecule has 2 fully saturated rings. The summed E-state index contributed by atoms with van der Waals surface area (Å²) < 4.78 is 7.62. The minimum absolute atomic E-state index is 0.760. The van der Waals surface area contributed by atoms with Crippen LogP contribution in [0.1, 0.15) is 31.4 Å². The predicted octanol–water partition coefficient (Wildman–Crippen LogP) is 1.56. The minimum atomic E-state index is 0.760. The lowest BCUT2D eigenvalue weighted by Crippen LogP contribution is -2.19. The molecule has 1 aromatic heterocycles. The summed E-state index contributed by atoms with van der Waals surface area (Å²) in [7, 11) is 0. The maximum Gasteiger partial charge on any atom is 0.0950 e. The molecule has 0 bridgehead atoms. The molecule has 1 N–H and O–H groups in total. The SMILES string of the molecule is c1nc(CNC2CC2)cn1CC1CCOCC1. The Balaban J connectivity index is 1.48. The van der Waals surface area contributed by atoms with Crippen LogP contribution in [0.5, 0.6) is 0 Å². The van der Waals surface area contributed by atoms with Crippen LogP contribution in [0.4, 0.5) is 0 Å². The summed E-state index contributed by atoms with van der Waals surface area (Å²) in [5, 5.41) is 3.49. The van der Waals surface area contributed by atoms with Crippen LogP contribution < -0.4 is 5.32 Å². The van der Waals surface area contributed by atoms with E-state index in [0.29, 0.717) is 0 Å². The minimum Gasteiger partial charge on any atom is -0.381 e. The topological polar surface area (TPSA) is 39.1 Å². The lowest BCUT2D eigenvalue weighted by atomic mass is 10.0. The van der Waals surface area contributed by atoms with E-state index in [9.17, 15) is 0 Å². The summed E-state index contributed by atoms with van der Waals surface area (Å²) in [5.41, 5.74) is 1.17. The predicted molar refractivity (Wildman–Crippen MR) is 65.6 cm³/mol. The van der Waals surface area contributed by atoms with Gasteiger partial charge in [0.15, 0.2) is 0 Å². The molecular formula is C13H21N3O. The summed E-state index contributed by atoms with van der Waals surface area (Å²) in [6.07, 6.45) is 9.21. The molecule has 3 rings (SSSR count). The molecule has 94 valence electrons. The van der Waals surface area contributed by atoms with Crippen LogP contribution in [0.3, 0.4) is 0 Å². The number of imidazole rings is 1. The summed E-state index contributed by atoms with van der Waals surface area (Å²) >= 11 is 0. The van der Waals surface area contributed by atoms with E-state index in [4.69, 9.17) is 4.74 Å².